The highest BCUT2D eigenvalue weighted by molar-refractivity contribution is 7.89. The molecule has 0 saturated carbocycles. The van der Waals surface area contributed by atoms with E-state index in [0.29, 0.717) is 15.7 Å². The van der Waals surface area contributed by atoms with E-state index in [2.05, 4.69) is 9.97 Å². The second-order valence-electron chi connectivity index (χ2n) is 9.52. The first kappa shape index (κ1) is 27.9. The lowest BCUT2D eigenvalue weighted by molar-refractivity contribution is 0.0985. The molecule has 1 amide bonds. The van der Waals surface area contributed by atoms with Crippen molar-refractivity contribution in [2.75, 3.05) is 4.90 Å². The number of hydrogen-bond donors (Lipinski definition) is 0. The second-order valence-corrected chi connectivity index (χ2v) is 12.9. The van der Waals surface area contributed by atoms with E-state index in [1.54, 1.807) is 35.5 Å². The molecule has 2 aromatic heterocycles. The SMILES string of the molecule is CC(C)N(Cc1ccccc1)S(=O)(=O)c1ccc(C(=O)N(Cc2cccnc2)c2nc3ccc(Cl)cc3s2)cc1. The molecule has 5 rings (SSSR count). The zero-order chi connectivity index (χ0) is 28.3. The van der Waals surface area contributed by atoms with Gasteiger partial charge < -0.3 is 0 Å². The maximum absolute atomic E-state index is 13.8. The molecular formula is C30H27ClN4O3S2. The van der Waals surface area contributed by atoms with Gasteiger partial charge in [0.1, 0.15) is 0 Å². The highest BCUT2D eigenvalue weighted by Gasteiger charge is 2.28. The Morgan fingerprint density at radius 3 is 2.33 bits per heavy atom. The predicted octanol–water partition coefficient (Wildman–Crippen LogP) is 6.79. The van der Waals surface area contributed by atoms with Crippen molar-refractivity contribution in [3.05, 3.63) is 119 Å². The zero-order valence-corrected chi connectivity index (χ0v) is 24.3. The van der Waals surface area contributed by atoms with E-state index in [-0.39, 0.29) is 29.9 Å². The molecule has 0 aliphatic heterocycles. The lowest BCUT2D eigenvalue weighted by Gasteiger charge is -2.26. The molecule has 3 aromatic carbocycles. The molecule has 40 heavy (non-hydrogen) atoms. The van der Waals surface area contributed by atoms with Gasteiger partial charge in [0, 0.05) is 35.6 Å². The molecule has 0 N–H and O–H groups in total. The monoisotopic (exact) mass is 590 g/mol. The van der Waals surface area contributed by atoms with Crippen molar-refractivity contribution in [3.8, 4) is 0 Å². The van der Waals surface area contributed by atoms with Crippen LogP contribution >= 0.6 is 22.9 Å². The summed E-state index contributed by atoms with van der Waals surface area (Å²) in [6, 6.07) is 24.4. The summed E-state index contributed by atoms with van der Waals surface area (Å²) in [6.07, 6.45) is 3.38. The van der Waals surface area contributed by atoms with Gasteiger partial charge in [-0.05, 0) is 73.5 Å². The first-order valence-electron chi connectivity index (χ1n) is 12.6. The second kappa shape index (κ2) is 11.9. The molecular weight excluding hydrogens is 564 g/mol. The summed E-state index contributed by atoms with van der Waals surface area (Å²) >= 11 is 7.54. The van der Waals surface area contributed by atoms with Gasteiger partial charge in [0.2, 0.25) is 10.0 Å². The van der Waals surface area contributed by atoms with E-state index in [4.69, 9.17) is 11.6 Å². The van der Waals surface area contributed by atoms with Crippen LogP contribution in [0.3, 0.4) is 0 Å². The van der Waals surface area contributed by atoms with Crippen molar-refractivity contribution in [2.45, 2.75) is 37.9 Å². The van der Waals surface area contributed by atoms with E-state index in [1.165, 1.54) is 27.8 Å². The van der Waals surface area contributed by atoms with E-state index < -0.39 is 10.0 Å². The minimum atomic E-state index is -3.81. The quantitative estimate of drug-likeness (QED) is 0.189. The predicted molar refractivity (Wildman–Crippen MR) is 160 cm³/mol. The van der Waals surface area contributed by atoms with Crippen molar-refractivity contribution in [1.29, 1.82) is 0 Å². The number of carbonyl (C=O) groups is 1. The van der Waals surface area contributed by atoms with Gasteiger partial charge in [0.25, 0.3) is 5.91 Å². The Morgan fingerprint density at radius 2 is 1.65 bits per heavy atom. The highest BCUT2D eigenvalue weighted by atomic mass is 35.5. The van der Waals surface area contributed by atoms with Crippen LogP contribution in [-0.4, -0.2) is 34.6 Å². The van der Waals surface area contributed by atoms with Crippen LogP contribution in [0.15, 0.2) is 102 Å². The molecule has 5 aromatic rings. The maximum Gasteiger partial charge on any atom is 0.260 e. The number of rotatable bonds is 9. The number of benzene rings is 3. The molecule has 10 heteroatoms. The van der Waals surface area contributed by atoms with Crippen molar-refractivity contribution in [3.63, 3.8) is 0 Å². The lowest BCUT2D eigenvalue weighted by atomic mass is 10.2. The third kappa shape index (κ3) is 6.08. The van der Waals surface area contributed by atoms with Crippen LogP contribution in [0.4, 0.5) is 5.13 Å². The molecule has 0 saturated heterocycles. The van der Waals surface area contributed by atoms with Crippen LogP contribution in [-0.2, 0) is 23.1 Å². The highest BCUT2D eigenvalue weighted by Crippen LogP contribution is 2.32. The fourth-order valence-electron chi connectivity index (χ4n) is 4.27. The van der Waals surface area contributed by atoms with Gasteiger partial charge in [-0.1, -0.05) is 59.3 Å². The van der Waals surface area contributed by atoms with E-state index in [9.17, 15) is 13.2 Å². The molecule has 204 valence electrons. The van der Waals surface area contributed by atoms with Gasteiger partial charge in [-0.15, -0.1) is 0 Å². The average Bonchev–Trinajstić information content (AvgIpc) is 3.38. The molecule has 0 radical (unpaired) electrons. The van der Waals surface area contributed by atoms with Crippen molar-refractivity contribution in [2.24, 2.45) is 0 Å². The first-order chi connectivity index (χ1) is 19.2. The minimum absolute atomic E-state index is 0.127. The van der Waals surface area contributed by atoms with Crippen LogP contribution < -0.4 is 4.90 Å². The van der Waals surface area contributed by atoms with Crippen LogP contribution in [0, 0.1) is 0 Å². The summed E-state index contributed by atoms with van der Waals surface area (Å²) in [5.74, 6) is -0.303. The van der Waals surface area contributed by atoms with Crippen molar-refractivity contribution < 1.29 is 13.2 Å². The number of halogens is 1. The normalized spacial score (nSPS) is 11.8. The van der Waals surface area contributed by atoms with Gasteiger partial charge in [0.05, 0.1) is 21.7 Å². The first-order valence-corrected chi connectivity index (χ1v) is 15.3. The smallest absolute Gasteiger partial charge is 0.260 e. The molecule has 0 bridgehead atoms. The average molecular weight is 591 g/mol. The number of aromatic nitrogens is 2. The van der Waals surface area contributed by atoms with Gasteiger partial charge in [-0.2, -0.15) is 4.31 Å². The Kier molecular flexibility index (Phi) is 8.27. The van der Waals surface area contributed by atoms with Gasteiger partial charge in [0.15, 0.2) is 5.13 Å². The molecule has 2 heterocycles. The number of nitrogens with zero attached hydrogens (tertiary/aromatic N) is 4. The number of anilines is 1. The van der Waals surface area contributed by atoms with Crippen molar-refractivity contribution >= 4 is 54.2 Å². The van der Waals surface area contributed by atoms with Crippen LogP contribution in [0.2, 0.25) is 5.02 Å². The third-order valence-electron chi connectivity index (χ3n) is 6.34. The fraction of sp³-hybridized carbons (Fsp3) is 0.167. The minimum Gasteiger partial charge on any atom is -0.279 e. The van der Waals surface area contributed by atoms with Crippen LogP contribution in [0.5, 0.6) is 0 Å². The Labute approximate surface area is 242 Å². The summed E-state index contributed by atoms with van der Waals surface area (Å²) in [7, 11) is -3.81. The van der Waals surface area contributed by atoms with E-state index in [1.807, 2.05) is 68.4 Å². The molecule has 0 fully saturated rings. The summed E-state index contributed by atoms with van der Waals surface area (Å²) in [5.41, 5.74) is 2.82. The summed E-state index contributed by atoms with van der Waals surface area (Å²) in [6.45, 7) is 4.19. The molecule has 0 spiro atoms. The molecule has 0 unspecified atom stereocenters. The van der Waals surface area contributed by atoms with E-state index in [0.717, 1.165) is 21.3 Å². The Hall–Kier alpha value is -3.63. The zero-order valence-electron chi connectivity index (χ0n) is 21.9. The standard InChI is InChI=1S/C30H27ClN4O3S2/c1-21(2)35(20-22-7-4-3-5-8-22)40(37,38)26-13-10-24(11-14-26)29(36)34(19-23-9-6-16-32-18-23)30-33-27-15-12-25(31)17-28(27)39-30/h3-18,21H,19-20H2,1-2H3. The summed E-state index contributed by atoms with van der Waals surface area (Å²) in [4.78, 5) is 24.4. The summed E-state index contributed by atoms with van der Waals surface area (Å²) in [5, 5.41) is 1.10. The maximum atomic E-state index is 13.8. The Balaban J connectivity index is 1.45. The number of amides is 1. The Morgan fingerprint density at radius 1 is 0.925 bits per heavy atom. The van der Waals surface area contributed by atoms with Crippen LogP contribution in [0.25, 0.3) is 10.2 Å². The number of fused-ring (bicyclic) bond motifs is 1. The number of sulfonamides is 1. The number of carbonyl (C=O) groups excluding carboxylic acids is 1. The number of thiazole rings is 1. The molecule has 0 aliphatic rings. The van der Waals surface area contributed by atoms with Gasteiger partial charge in [-0.3, -0.25) is 14.7 Å². The Bertz CT molecular complexity index is 1730. The molecule has 7 nitrogen and oxygen atoms in total. The topological polar surface area (TPSA) is 83.5 Å². The van der Waals surface area contributed by atoms with E-state index >= 15 is 0 Å². The van der Waals surface area contributed by atoms with Gasteiger partial charge in [-0.25, -0.2) is 13.4 Å². The number of pyridine rings is 1. The van der Waals surface area contributed by atoms with Crippen molar-refractivity contribution in [1.82, 2.24) is 14.3 Å². The largest absolute Gasteiger partial charge is 0.279 e. The van der Waals surface area contributed by atoms with Crippen LogP contribution in [0.1, 0.15) is 35.3 Å². The molecule has 0 aliphatic carbocycles. The third-order valence-corrected chi connectivity index (χ3v) is 9.66. The summed E-state index contributed by atoms with van der Waals surface area (Å²) < 4.78 is 29.5. The number of hydrogen-bond acceptors (Lipinski definition) is 6. The fourth-order valence-corrected chi connectivity index (χ4v) is 7.14. The lowest BCUT2D eigenvalue weighted by Crippen LogP contribution is -2.36. The van der Waals surface area contributed by atoms with Gasteiger partial charge >= 0.3 is 0 Å². The molecule has 0 atom stereocenters.